The first-order chi connectivity index (χ1) is 18.0. The van der Waals surface area contributed by atoms with Gasteiger partial charge in [0, 0.05) is 31.4 Å². The molecule has 2 bridgehead atoms. The minimum absolute atomic E-state index is 0.0129. The average molecular weight is 531 g/mol. The van der Waals surface area contributed by atoms with Gasteiger partial charge in [-0.05, 0) is 51.0 Å². The van der Waals surface area contributed by atoms with Gasteiger partial charge in [-0.15, -0.1) is 0 Å². The number of rotatable bonds is 4. The summed E-state index contributed by atoms with van der Waals surface area (Å²) in [6.07, 6.45) is 7.39. The van der Waals surface area contributed by atoms with Gasteiger partial charge in [0.1, 0.15) is 6.10 Å². The number of fused-ring (bicyclic) bond motifs is 2. The predicted octanol–water partition coefficient (Wildman–Crippen LogP) is 3.19. The van der Waals surface area contributed by atoms with Crippen LogP contribution in [0, 0.1) is 5.92 Å². The first kappa shape index (κ1) is 30.7. The van der Waals surface area contributed by atoms with Gasteiger partial charge >= 0.3 is 6.09 Å². The van der Waals surface area contributed by atoms with Crippen molar-refractivity contribution in [2.75, 3.05) is 21.3 Å². The summed E-state index contributed by atoms with van der Waals surface area (Å²) in [4.78, 5) is 50.2. The Morgan fingerprint density at radius 1 is 1.11 bits per heavy atom. The lowest BCUT2D eigenvalue weighted by atomic mass is 9.91. The summed E-state index contributed by atoms with van der Waals surface area (Å²) in [6, 6.07) is 0. The quantitative estimate of drug-likeness (QED) is 0.417. The van der Waals surface area contributed by atoms with E-state index in [9.17, 15) is 19.2 Å². The maximum Gasteiger partial charge on any atom is 0.405 e. The Morgan fingerprint density at radius 2 is 1.82 bits per heavy atom. The van der Waals surface area contributed by atoms with E-state index >= 15 is 0 Å². The van der Waals surface area contributed by atoms with E-state index in [2.05, 4.69) is 5.32 Å². The lowest BCUT2D eigenvalue weighted by Gasteiger charge is -2.25. The van der Waals surface area contributed by atoms with Crippen LogP contribution in [0.4, 0.5) is 4.79 Å². The van der Waals surface area contributed by atoms with Crippen LogP contribution in [0.5, 0.6) is 0 Å². The highest BCUT2D eigenvalue weighted by molar-refractivity contribution is 6.23. The number of methoxy groups -OCH3 is 3. The van der Waals surface area contributed by atoms with Crippen molar-refractivity contribution in [1.29, 1.82) is 0 Å². The van der Waals surface area contributed by atoms with E-state index in [4.69, 9.17) is 24.7 Å². The van der Waals surface area contributed by atoms with Crippen LogP contribution in [0.1, 0.15) is 46.5 Å². The number of carbonyl (C=O) groups is 4. The summed E-state index contributed by atoms with van der Waals surface area (Å²) in [5, 5.41) is 2.54. The molecule has 0 aromatic heterocycles. The molecule has 1 heterocycles. The number of nitrogens with one attached hydrogen (secondary N) is 1. The Balaban J connectivity index is 2.49. The third-order valence-corrected chi connectivity index (χ3v) is 6.48. The zero-order valence-electron chi connectivity index (χ0n) is 22.9. The molecule has 0 saturated carbocycles. The summed E-state index contributed by atoms with van der Waals surface area (Å²) >= 11 is 0. The first-order valence-corrected chi connectivity index (χ1v) is 12.5. The number of hydrogen-bond acceptors (Lipinski definition) is 8. The van der Waals surface area contributed by atoms with Crippen molar-refractivity contribution in [1.82, 2.24) is 5.32 Å². The molecule has 2 rings (SSSR count). The monoisotopic (exact) mass is 530 g/mol. The molecule has 2 aliphatic rings. The van der Waals surface area contributed by atoms with Crippen LogP contribution in [0.25, 0.3) is 0 Å². The fraction of sp³-hybridized carbons (Fsp3) is 0.500. The minimum Gasteiger partial charge on any atom is -0.492 e. The molecule has 38 heavy (non-hydrogen) atoms. The molecule has 3 N–H and O–H groups in total. The van der Waals surface area contributed by atoms with Crippen molar-refractivity contribution in [2.45, 2.75) is 64.8 Å². The third kappa shape index (κ3) is 8.26. The molecule has 10 nitrogen and oxygen atoms in total. The predicted molar refractivity (Wildman–Crippen MR) is 141 cm³/mol. The normalized spacial score (nSPS) is 29.8. The molecule has 10 heteroatoms. The zero-order valence-corrected chi connectivity index (χ0v) is 22.9. The van der Waals surface area contributed by atoms with E-state index in [1.807, 2.05) is 19.9 Å². The number of amides is 2. The van der Waals surface area contributed by atoms with Crippen LogP contribution in [-0.4, -0.2) is 63.2 Å². The Kier molecular flexibility index (Phi) is 11.7. The van der Waals surface area contributed by atoms with Gasteiger partial charge in [0.25, 0.3) is 5.91 Å². The molecule has 0 aromatic rings. The van der Waals surface area contributed by atoms with E-state index in [1.54, 1.807) is 26.2 Å². The molecule has 0 aromatic carbocycles. The minimum atomic E-state index is -0.937. The molecule has 1 aliphatic heterocycles. The van der Waals surface area contributed by atoms with Gasteiger partial charge in [0.05, 0.1) is 18.9 Å². The molecule has 1 unspecified atom stereocenters. The van der Waals surface area contributed by atoms with Gasteiger partial charge < -0.3 is 30.0 Å². The Hall–Kier alpha value is -3.50. The lowest BCUT2D eigenvalue weighted by molar-refractivity contribution is -0.120. The molecule has 208 valence electrons. The summed E-state index contributed by atoms with van der Waals surface area (Å²) in [6.45, 7) is 5.41. The summed E-state index contributed by atoms with van der Waals surface area (Å²) in [5.41, 5.74) is 6.47. The van der Waals surface area contributed by atoms with Crippen LogP contribution in [0.15, 0.2) is 58.6 Å². The molecule has 0 saturated heterocycles. The van der Waals surface area contributed by atoms with Crippen molar-refractivity contribution >= 4 is 23.6 Å². The molecular weight excluding hydrogens is 492 g/mol. The summed E-state index contributed by atoms with van der Waals surface area (Å²) in [7, 11) is 4.44. The molecule has 2 amide bonds. The second kappa shape index (κ2) is 14.4. The summed E-state index contributed by atoms with van der Waals surface area (Å²) < 4.78 is 21.8. The topological polar surface area (TPSA) is 143 Å². The Labute approximate surface area is 223 Å². The number of ketones is 2. The lowest BCUT2D eigenvalue weighted by Crippen LogP contribution is -2.34. The second-order valence-electron chi connectivity index (χ2n) is 9.38. The third-order valence-electron chi connectivity index (χ3n) is 6.48. The van der Waals surface area contributed by atoms with E-state index in [0.717, 1.165) is 11.6 Å². The smallest absolute Gasteiger partial charge is 0.405 e. The molecule has 0 radical (unpaired) electrons. The van der Waals surface area contributed by atoms with Gasteiger partial charge in [-0.2, -0.15) is 0 Å². The highest BCUT2D eigenvalue weighted by atomic mass is 16.6. The molecular formula is C28H38N2O8. The molecule has 0 fully saturated rings. The number of carbonyl (C=O) groups excluding carboxylic acids is 4. The Morgan fingerprint density at radius 3 is 2.42 bits per heavy atom. The number of primary amides is 1. The van der Waals surface area contributed by atoms with Crippen LogP contribution in [0.2, 0.25) is 0 Å². The molecule has 4 atom stereocenters. The van der Waals surface area contributed by atoms with Crippen LogP contribution >= 0.6 is 0 Å². The van der Waals surface area contributed by atoms with Crippen LogP contribution in [-0.2, 0) is 33.3 Å². The van der Waals surface area contributed by atoms with E-state index in [0.29, 0.717) is 19.3 Å². The highest BCUT2D eigenvalue weighted by Gasteiger charge is 2.31. The van der Waals surface area contributed by atoms with Gasteiger partial charge in [-0.1, -0.05) is 31.2 Å². The number of allylic oxidation sites excluding steroid dienone is 5. The van der Waals surface area contributed by atoms with Crippen LogP contribution < -0.4 is 11.1 Å². The van der Waals surface area contributed by atoms with E-state index in [-0.39, 0.29) is 41.0 Å². The SMILES string of the molecule is COC1=C2CCC[C@H](OC)C[C@@H](C)/C=C(\C)[C@H](OC(N)=O)C(OC)/C=C\C=C(/C)C(=O)NC(=CC1=O)C2=O. The maximum atomic E-state index is 13.2. The van der Waals surface area contributed by atoms with Crippen molar-refractivity contribution in [2.24, 2.45) is 11.7 Å². The first-order valence-electron chi connectivity index (χ1n) is 12.5. The van der Waals surface area contributed by atoms with Crippen molar-refractivity contribution in [3.05, 3.63) is 58.6 Å². The number of ether oxygens (including phenoxy) is 4. The zero-order chi connectivity index (χ0) is 28.4. The fourth-order valence-electron chi connectivity index (χ4n) is 4.54. The second-order valence-corrected chi connectivity index (χ2v) is 9.38. The van der Waals surface area contributed by atoms with Crippen molar-refractivity contribution in [3.8, 4) is 0 Å². The fourth-order valence-corrected chi connectivity index (χ4v) is 4.54. The van der Waals surface area contributed by atoms with Gasteiger partial charge in [-0.3, -0.25) is 14.4 Å². The van der Waals surface area contributed by atoms with Gasteiger partial charge in [0.15, 0.2) is 11.9 Å². The largest absolute Gasteiger partial charge is 0.492 e. The van der Waals surface area contributed by atoms with Crippen LogP contribution in [0.3, 0.4) is 0 Å². The molecule has 1 aliphatic carbocycles. The summed E-state index contributed by atoms with van der Waals surface area (Å²) in [5.74, 6) is -1.45. The van der Waals surface area contributed by atoms with E-state index in [1.165, 1.54) is 20.3 Å². The van der Waals surface area contributed by atoms with Gasteiger partial charge in [0.2, 0.25) is 11.6 Å². The number of nitrogens with two attached hydrogens (primary N) is 1. The van der Waals surface area contributed by atoms with Crippen molar-refractivity contribution in [3.63, 3.8) is 0 Å². The number of hydrogen-bond donors (Lipinski definition) is 2. The molecule has 0 spiro atoms. The Bertz CT molecular complexity index is 1080. The van der Waals surface area contributed by atoms with Crippen molar-refractivity contribution < 1.29 is 38.1 Å². The highest BCUT2D eigenvalue weighted by Crippen LogP contribution is 2.26. The van der Waals surface area contributed by atoms with E-state index < -0.39 is 35.8 Å². The average Bonchev–Trinajstić information content (AvgIpc) is 2.86. The standard InChI is InChI=1S/C28H38N2O8/c1-16-13-18(3)25(38-28(29)34)23(36-5)12-7-9-17(2)27(33)30-21-15-22(31)26(37-6)20(24(21)32)11-8-10-19(14-16)35-4/h7,9,12-13,15-16,19,23,25H,8,10-11,14H2,1-6H3,(H2,29,34)(H,30,33)/b12-7-,17-9+,18-13+/t16-,19-,23?,25-/m0/s1. The number of Topliss-reactive ketones (excluding diaryl/α,β-unsaturated/α-hetero) is 1. The van der Waals surface area contributed by atoms with Gasteiger partial charge in [-0.25, -0.2) is 4.79 Å². The maximum absolute atomic E-state index is 13.2.